The lowest BCUT2D eigenvalue weighted by Gasteiger charge is -2.16. The van der Waals surface area contributed by atoms with Crippen LogP contribution >= 0.6 is 0 Å². The van der Waals surface area contributed by atoms with Crippen molar-refractivity contribution in [2.24, 2.45) is 0 Å². The number of nitrogens with one attached hydrogen (secondary N) is 1. The molecular formula is C16H17N3O3. The van der Waals surface area contributed by atoms with E-state index in [1.165, 1.54) is 0 Å². The van der Waals surface area contributed by atoms with E-state index in [0.29, 0.717) is 0 Å². The first kappa shape index (κ1) is 15.6. The molecule has 1 heterocycles. The Morgan fingerprint density at radius 1 is 1.14 bits per heavy atom. The van der Waals surface area contributed by atoms with Crippen molar-refractivity contribution in [3.05, 3.63) is 53.1 Å². The average Bonchev–Trinajstić information content (AvgIpc) is 2.49. The van der Waals surface area contributed by atoms with E-state index < -0.39 is 11.9 Å². The average molecular weight is 299 g/mol. The number of nitrogens with zero attached hydrogens (tertiary/aromatic N) is 2. The number of anilines is 1. The molecule has 0 spiro atoms. The number of hydrogen-bond donors (Lipinski definition) is 2. The predicted molar refractivity (Wildman–Crippen MR) is 82.2 cm³/mol. The van der Waals surface area contributed by atoms with Gasteiger partial charge in [0.05, 0.1) is 12.4 Å². The van der Waals surface area contributed by atoms with Crippen molar-refractivity contribution in [3.8, 4) is 0 Å². The molecule has 114 valence electrons. The van der Waals surface area contributed by atoms with Gasteiger partial charge in [0, 0.05) is 5.69 Å². The third kappa shape index (κ3) is 3.28. The molecule has 0 unspecified atom stereocenters. The Balaban J connectivity index is 2.27. The van der Waals surface area contributed by atoms with Gasteiger partial charge < -0.3 is 10.4 Å². The second kappa shape index (κ2) is 6.34. The van der Waals surface area contributed by atoms with Crippen LogP contribution in [0.3, 0.4) is 0 Å². The molecule has 22 heavy (non-hydrogen) atoms. The molecule has 6 heteroatoms. The lowest BCUT2D eigenvalue weighted by molar-refractivity contribution is 0.0689. The molecule has 0 aliphatic heterocycles. The Morgan fingerprint density at radius 2 is 1.77 bits per heavy atom. The van der Waals surface area contributed by atoms with Crippen LogP contribution in [-0.4, -0.2) is 27.0 Å². The van der Waals surface area contributed by atoms with Gasteiger partial charge in [-0.25, -0.2) is 14.8 Å². The Hall–Kier alpha value is -2.76. The molecule has 0 aliphatic rings. The minimum absolute atomic E-state index is 0.0722. The molecule has 0 fully saturated rings. The van der Waals surface area contributed by atoms with Crippen molar-refractivity contribution in [2.45, 2.75) is 26.7 Å². The molecule has 1 amide bonds. The summed E-state index contributed by atoms with van der Waals surface area (Å²) in [5, 5.41) is 11.6. The van der Waals surface area contributed by atoms with E-state index in [1.807, 2.05) is 39.0 Å². The molecule has 2 rings (SSSR count). The number of carbonyl (C=O) groups is 2. The summed E-state index contributed by atoms with van der Waals surface area (Å²) in [5.41, 5.74) is 2.61. The largest absolute Gasteiger partial charge is 0.476 e. The van der Waals surface area contributed by atoms with Crippen LogP contribution in [0.2, 0.25) is 0 Å². The minimum Gasteiger partial charge on any atom is -0.476 e. The molecule has 2 aromatic rings. The molecule has 1 aromatic heterocycles. The highest BCUT2D eigenvalue weighted by Crippen LogP contribution is 2.27. The molecule has 0 atom stereocenters. The minimum atomic E-state index is -1.18. The van der Waals surface area contributed by atoms with Gasteiger partial charge >= 0.3 is 5.97 Å². The second-order valence-corrected chi connectivity index (χ2v) is 5.24. The first-order valence-electron chi connectivity index (χ1n) is 6.86. The van der Waals surface area contributed by atoms with Gasteiger partial charge in [-0.05, 0) is 24.0 Å². The number of aromatic carboxylic acids is 1. The van der Waals surface area contributed by atoms with E-state index in [2.05, 4.69) is 15.3 Å². The smallest absolute Gasteiger partial charge is 0.356 e. The van der Waals surface area contributed by atoms with E-state index in [4.69, 9.17) is 5.11 Å². The van der Waals surface area contributed by atoms with Crippen LogP contribution < -0.4 is 5.32 Å². The van der Waals surface area contributed by atoms with Crippen LogP contribution in [0.25, 0.3) is 0 Å². The zero-order valence-corrected chi connectivity index (χ0v) is 12.6. The topological polar surface area (TPSA) is 92.2 Å². The number of aromatic nitrogens is 2. The number of aryl methyl sites for hydroxylation is 1. The maximum Gasteiger partial charge on any atom is 0.356 e. The van der Waals surface area contributed by atoms with Gasteiger partial charge in [0.25, 0.3) is 5.91 Å². The van der Waals surface area contributed by atoms with Gasteiger partial charge in [0.1, 0.15) is 5.69 Å². The molecule has 0 aliphatic carbocycles. The molecule has 1 aromatic carbocycles. The number of amides is 1. The fraction of sp³-hybridized carbons (Fsp3) is 0.250. The van der Waals surface area contributed by atoms with Gasteiger partial charge in [0.15, 0.2) is 5.69 Å². The first-order valence-corrected chi connectivity index (χ1v) is 6.86. The number of rotatable bonds is 4. The van der Waals surface area contributed by atoms with E-state index in [-0.39, 0.29) is 17.3 Å². The van der Waals surface area contributed by atoms with Crippen molar-refractivity contribution in [3.63, 3.8) is 0 Å². The van der Waals surface area contributed by atoms with E-state index in [1.54, 1.807) is 0 Å². The second-order valence-electron chi connectivity index (χ2n) is 5.24. The highest BCUT2D eigenvalue weighted by molar-refractivity contribution is 6.03. The summed E-state index contributed by atoms with van der Waals surface area (Å²) >= 11 is 0. The molecule has 6 nitrogen and oxygen atoms in total. The highest BCUT2D eigenvalue weighted by atomic mass is 16.4. The summed E-state index contributed by atoms with van der Waals surface area (Å²) in [6.07, 6.45) is 2.23. The quantitative estimate of drug-likeness (QED) is 0.905. The molecule has 0 bridgehead atoms. The number of carbonyl (C=O) groups excluding carboxylic acids is 1. The fourth-order valence-corrected chi connectivity index (χ4v) is 2.08. The standard InChI is InChI=1S/C16H17N3O3/c1-9(2)11-6-4-5-10(3)14(11)19-15(20)12-7-18-13(8-17-12)16(21)22/h4-9H,1-3H3,(H,19,20)(H,21,22). The summed E-state index contributed by atoms with van der Waals surface area (Å²) in [7, 11) is 0. The maximum absolute atomic E-state index is 12.3. The zero-order chi connectivity index (χ0) is 16.3. The Labute approximate surface area is 128 Å². The molecule has 0 saturated heterocycles. The lowest BCUT2D eigenvalue weighted by atomic mass is 9.98. The fourth-order valence-electron chi connectivity index (χ4n) is 2.08. The van der Waals surface area contributed by atoms with Crippen LogP contribution in [0.5, 0.6) is 0 Å². The third-order valence-corrected chi connectivity index (χ3v) is 3.27. The van der Waals surface area contributed by atoms with Crippen LogP contribution in [-0.2, 0) is 0 Å². The van der Waals surface area contributed by atoms with Crippen LogP contribution in [0.4, 0.5) is 5.69 Å². The van der Waals surface area contributed by atoms with E-state index in [0.717, 1.165) is 29.2 Å². The SMILES string of the molecule is Cc1cccc(C(C)C)c1NC(=O)c1cnc(C(=O)O)cn1. The summed E-state index contributed by atoms with van der Waals surface area (Å²) in [5.74, 6) is -1.34. The van der Waals surface area contributed by atoms with Gasteiger partial charge in [-0.2, -0.15) is 0 Å². The predicted octanol–water partition coefficient (Wildman–Crippen LogP) is 2.86. The highest BCUT2D eigenvalue weighted by Gasteiger charge is 2.15. The molecule has 0 saturated carbocycles. The number of para-hydroxylation sites is 1. The van der Waals surface area contributed by atoms with Crippen molar-refractivity contribution in [1.29, 1.82) is 0 Å². The van der Waals surface area contributed by atoms with Crippen molar-refractivity contribution >= 4 is 17.6 Å². The molecule has 2 N–H and O–H groups in total. The van der Waals surface area contributed by atoms with E-state index >= 15 is 0 Å². The number of carboxylic acids is 1. The maximum atomic E-state index is 12.3. The van der Waals surface area contributed by atoms with Crippen molar-refractivity contribution in [2.75, 3.05) is 5.32 Å². The number of benzene rings is 1. The summed E-state index contributed by atoms with van der Waals surface area (Å²) < 4.78 is 0. The Kier molecular flexibility index (Phi) is 4.50. The molecule has 0 radical (unpaired) electrons. The van der Waals surface area contributed by atoms with Crippen LogP contribution in [0.15, 0.2) is 30.6 Å². The van der Waals surface area contributed by atoms with Gasteiger partial charge in [-0.3, -0.25) is 4.79 Å². The summed E-state index contributed by atoms with van der Waals surface area (Å²) in [6, 6.07) is 5.83. The summed E-state index contributed by atoms with van der Waals surface area (Å²) in [4.78, 5) is 30.5. The van der Waals surface area contributed by atoms with Gasteiger partial charge in [-0.1, -0.05) is 32.0 Å². The van der Waals surface area contributed by atoms with Crippen molar-refractivity contribution in [1.82, 2.24) is 9.97 Å². The van der Waals surface area contributed by atoms with Gasteiger partial charge in [0.2, 0.25) is 0 Å². The first-order chi connectivity index (χ1) is 10.4. The van der Waals surface area contributed by atoms with Crippen LogP contribution in [0, 0.1) is 6.92 Å². The van der Waals surface area contributed by atoms with E-state index in [9.17, 15) is 9.59 Å². The lowest BCUT2D eigenvalue weighted by Crippen LogP contribution is -2.17. The number of hydrogen-bond acceptors (Lipinski definition) is 4. The Morgan fingerprint density at radius 3 is 2.32 bits per heavy atom. The van der Waals surface area contributed by atoms with Crippen LogP contribution in [0.1, 0.15) is 51.9 Å². The van der Waals surface area contributed by atoms with Crippen molar-refractivity contribution < 1.29 is 14.7 Å². The van der Waals surface area contributed by atoms with Gasteiger partial charge in [-0.15, -0.1) is 0 Å². The summed E-state index contributed by atoms with van der Waals surface area (Å²) in [6.45, 7) is 6.01. The monoisotopic (exact) mass is 299 g/mol. The zero-order valence-electron chi connectivity index (χ0n) is 12.6. The third-order valence-electron chi connectivity index (χ3n) is 3.27. The molecular weight excluding hydrogens is 282 g/mol. The normalized spacial score (nSPS) is 10.5. The Bertz CT molecular complexity index is 709. The number of carboxylic acid groups (broad SMARTS) is 1.